The summed E-state index contributed by atoms with van der Waals surface area (Å²) in [6, 6.07) is -3.64. The van der Waals surface area contributed by atoms with Crippen LogP contribution in [-0.2, 0) is 34.3 Å². The maximum Gasteiger partial charge on any atom is 0.363 e. The molecule has 1 aromatic heterocycles. The average Bonchev–Trinajstić information content (AvgIpc) is 3.01. The van der Waals surface area contributed by atoms with Gasteiger partial charge < -0.3 is 26.7 Å². The molecule has 0 aromatic carbocycles. The number of aliphatic carboxylic acids is 1. The molecule has 1 aliphatic rings. The van der Waals surface area contributed by atoms with Gasteiger partial charge in [-0.3, -0.25) is 18.9 Å². The fourth-order valence-electron chi connectivity index (χ4n) is 2.15. The molecule has 0 aliphatic carbocycles. The van der Waals surface area contributed by atoms with E-state index in [1.54, 1.807) is 0 Å². The minimum absolute atomic E-state index is 0.0234. The Labute approximate surface area is 172 Å². The van der Waals surface area contributed by atoms with Gasteiger partial charge in [0.2, 0.25) is 11.5 Å². The van der Waals surface area contributed by atoms with Crippen LogP contribution < -0.4 is 16.8 Å². The summed E-state index contributed by atoms with van der Waals surface area (Å²) >= 11 is 0.910. The molecule has 1 aromatic rings. The van der Waals surface area contributed by atoms with Gasteiger partial charge in [-0.15, -0.1) is 11.3 Å². The molecule has 164 valence electrons. The van der Waals surface area contributed by atoms with Gasteiger partial charge in [0.1, 0.15) is 11.7 Å². The Kier molecular flexibility index (Phi) is 6.00. The van der Waals surface area contributed by atoms with Crippen molar-refractivity contribution in [2.24, 2.45) is 10.9 Å². The molecule has 3 amide bonds. The lowest BCUT2D eigenvalue weighted by Crippen LogP contribution is -2.75. The number of hydrogen-bond acceptors (Lipinski definition) is 11. The van der Waals surface area contributed by atoms with Crippen LogP contribution in [0.3, 0.4) is 0 Å². The van der Waals surface area contributed by atoms with Crippen LogP contribution in [0, 0.1) is 0 Å². The zero-order chi connectivity index (χ0) is 23.0. The largest absolute Gasteiger partial charge is 0.478 e. The summed E-state index contributed by atoms with van der Waals surface area (Å²) < 4.78 is 31.3. The molecule has 0 saturated carbocycles. The smallest absolute Gasteiger partial charge is 0.363 e. The Balaban J connectivity index is 2.34. The second kappa shape index (κ2) is 7.84. The van der Waals surface area contributed by atoms with Crippen LogP contribution in [0.5, 0.6) is 0 Å². The molecule has 1 fully saturated rings. The van der Waals surface area contributed by atoms with E-state index in [2.05, 4.69) is 10.1 Å². The summed E-state index contributed by atoms with van der Waals surface area (Å²) in [5, 5.41) is 15.9. The summed E-state index contributed by atoms with van der Waals surface area (Å²) in [6.07, 6.45) is 0. The molecule has 0 spiro atoms. The second-order valence-electron chi connectivity index (χ2n) is 6.33. The summed E-state index contributed by atoms with van der Waals surface area (Å²) in [6.45, 7) is 2.29. The first-order valence-corrected chi connectivity index (χ1v) is 10.1. The number of nitrogens with zero attached hydrogens (tertiary/aromatic N) is 3. The van der Waals surface area contributed by atoms with E-state index in [1.807, 2.05) is 5.32 Å². The number of carbonyl (C=O) groups is 4. The van der Waals surface area contributed by atoms with Gasteiger partial charge in [-0.05, 0) is 13.8 Å². The number of nitrogens with one attached hydrogen (secondary N) is 1. The number of primary amides is 1. The molecule has 0 unspecified atom stereocenters. The normalized spacial score (nSPS) is 19.8. The number of carboxylic acid groups (broad SMARTS) is 1. The Morgan fingerprint density at radius 2 is 2.00 bits per heavy atom. The molecule has 15 nitrogen and oxygen atoms in total. The number of nitrogens with two attached hydrogens (primary N) is 2. The summed E-state index contributed by atoms with van der Waals surface area (Å²) in [5.41, 5.74) is 7.94. The third-order valence-corrected chi connectivity index (χ3v) is 5.32. The van der Waals surface area contributed by atoms with E-state index in [9.17, 15) is 27.6 Å². The number of thiazole rings is 1. The predicted molar refractivity (Wildman–Crippen MR) is 99.2 cm³/mol. The minimum atomic E-state index is -5.10. The Morgan fingerprint density at radius 1 is 1.40 bits per heavy atom. The number of amides is 3. The highest BCUT2D eigenvalue weighted by Gasteiger charge is 2.57. The van der Waals surface area contributed by atoms with Gasteiger partial charge >= 0.3 is 16.3 Å². The number of hydrogen-bond donors (Lipinski definition) is 5. The lowest BCUT2D eigenvalue weighted by molar-refractivity contribution is -0.161. The van der Waals surface area contributed by atoms with Crippen molar-refractivity contribution >= 4 is 56.2 Å². The van der Waals surface area contributed by atoms with E-state index in [4.69, 9.17) is 26.0 Å². The molecule has 1 saturated heterocycles. The van der Waals surface area contributed by atoms with Gasteiger partial charge in [-0.25, -0.2) is 9.78 Å². The first-order chi connectivity index (χ1) is 13.7. The van der Waals surface area contributed by atoms with E-state index in [1.165, 1.54) is 5.38 Å². The van der Waals surface area contributed by atoms with Crippen LogP contribution in [-0.4, -0.2) is 74.5 Å². The Morgan fingerprint density at radius 3 is 2.43 bits per heavy atom. The van der Waals surface area contributed by atoms with Crippen LogP contribution in [0.2, 0.25) is 0 Å². The lowest BCUT2D eigenvalue weighted by Gasteiger charge is -2.41. The number of carboxylic acids is 1. The standard InChI is InChI=1S/C13H16N6O9S2/c1-13(2,11(23)24)28-18-5(4-3-29-12(15)16-4)9(21)17-6-7(8(14)20)19(10(6)22)30(25,26)27/h3,6-7H,1-2H3,(H2,14,20)(H2,15,16)(H,17,21)(H,23,24)(H,25,26,27)/t6-,7-/m1/s1. The van der Waals surface area contributed by atoms with Crippen molar-refractivity contribution < 1.29 is 42.1 Å². The molecular weight excluding hydrogens is 448 g/mol. The number of aromatic nitrogens is 1. The third kappa shape index (κ3) is 4.47. The molecule has 7 N–H and O–H groups in total. The lowest BCUT2D eigenvalue weighted by atomic mass is 9.98. The maximum absolute atomic E-state index is 12.6. The van der Waals surface area contributed by atoms with Crippen molar-refractivity contribution in [3.63, 3.8) is 0 Å². The molecule has 0 bridgehead atoms. The second-order valence-corrected chi connectivity index (χ2v) is 8.51. The van der Waals surface area contributed by atoms with E-state index < -0.39 is 57.4 Å². The Hall–Kier alpha value is -3.31. The van der Waals surface area contributed by atoms with Gasteiger partial charge in [0.05, 0.1) is 0 Å². The number of oxime groups is 1. The fourth-order valence-corrected chi connectivity index (χ4v) is 3.55. The van der Waals surface area contributed by atoms with E-state index in [0.29, 0.717) is 0 Å². The van der Waals surface area contributed by atoms with Gasteiger partial charge in [0, 0.05) is 5.38 Å². The monoisotopic (exact) mass is 464 g/mol. The molecule has 2 heterocycles. The van der Waals surface area contributed by atoms with Crippen LogP contribution in [0.1, 0.15) is 19.5 Å². The van der Waals surface area contributed by atoms with Crippen LogP contribution in [0.15, 0.2) is 10.5 Å². The number of nitrogen functional groups attached to an aromatic ring is 1. The van der Waals surface area contributed by atoms with Crippen LogP contribution in [0.25, 0.3) is 0 Å². The van der Waals surface area contributed by atoms with Crippen molar-refractivity contribution in [3.8, 4) is 0 Å². The zero-order valence-corrected chi connectivity index (χ0v) is 16.9. The van der Waals surface area contributed by atoms with Crippen molar-refractivity contribution in [2.45, 2.75) is 31.5 Å². The highest BCUT2D eigenvalue weighted by molar-refractivity contribution is 7.84. The third-order valence-electron chi connectivity index (χ3n) is 3.74. The number of anilines is 1. The summed E-state index contributed by atoms with van der Waals surface area (Å²) in [4.78, 5) is 56.0. The van der Waals surface area contributed by atoms with Crippen molar-refractivity contribution in [1.29, 1.82) is 0 Å². The van der Waals surface area contributed by atoms with Crippen LogP contribution in [0.4, 0.5) is 5.13 Å². The highest BCUT2D eigenvalue weighted by atomic mass is 32.2. The number of rotatable bonds is 8. The summed E-state index contributed by atoms with van der Waals surface area (Å²) in [7, 11) is -5.10. The van der Waals surface area contributed by atoms with E-state index in [0.717, 1.165) is 25.2 Å². The zero-order valence-electron chi connectivity index (χ0n) is 15.3. The van der Waals surface area contributed by atoms with Crippen LogP contribution >= 0.6 is 11.3 Å². The van der Waals surface area contributed by atoms with Gasteiger partial charge in [-0.1, -0.05) is 5.16 Å². The molecular formula is C13H16N6O9S2. The van der Waals surface area contributed by atoms with Crippen molar-refractivity contribution in [1.82, 2.24) is 14.6 Å². The predicted octanol–water partition coefficient (Wildman–Crippen LogP) is -2.71. The topological polar surface area (TPSA) is 245 Å². The minimum Gasteiger partial charge on any atom is -0.478 e. The quantitative estimate of drug-likeness (QED) is 0.114. The molecule has 2 atom stereocenters. The summed E-state index contributed by atoms with van der Waals surface area (Å²) in [5.74, 6) is -5.24. The van der Waals surface area contributed by atoms with E-state index in [-0.39, 0.29) is 15.1 Å². The first-order valence-electron chi connectivity index (χ1n) is 7.78. The van der Waals surface area contributed by atoms with E-state index >= 15 is 0 Å². The molecule has 1 aliphatic heterocycles. The number of carbonyl (C=O) groups excluding carboxylic acids is 3. The molecule has 0 radical (unpaired) electrons. The van der Waals surface area contributed by atoms with Gasteiger partial charge in [0.15, 0.2) is 16.9 Å². The molecule has 30 heavy (non-hydrogen) atoms. The van der Waals surface area contributed by atoms with Gasteiger partial charge in [-0.2, -0.15) is 12.7 Å². The molecule has 2 rings (SSSR count). The van der Waals surface area contributed by atoms with Gasteiger partial charge in [0.25, 0.3) is 11.8 Å². The average molecular weight is 464 g/mol. The fraction of sp³-hybridized carbons (Fsp3) is 0.385. The van der Waals surface area contributed by atoms with Crippen molar-refractivity contribution in [3.05, 3.63) is 11.1 Å². The van der Waals surface area contributed by atoms with Crippen molar-refractivity contribution in [2.75, 3.05) is 5.73 Å². The maximum atomic E-state index is 12.6. The first kappa shape index (κ1) is 23.0. The number of β-lactam (4-membered cyclic amide) rings is 1. The highest BCUT2D eigenvalue weighted by Crippen LogP contribution is 2.24. The molecule has 17 heteroatoms. The SMILES string of the molecule is CC(C)(ON=C(C(=O)N[C@H]1C(=O)N(S(=O)(=O)O)[C@H]1C(N)=O)c1csc(N)n1)C(=O)O. The Bertz CT molecular complexity index is 1050.